The monoisotopic (exact) mass is 493 g/mol. The summed E-state index contributed by atoms with van der Waals surface area (Å²) in [4.78, 5) is 14.9. The molecule has 1 atom stereocenters. The first-order chi connectivity index (χ1) is 15.5. The summed E-state index contributed by atoms with van der Waals surface area (Å²) in [5.41, 5.74) is 0.822. The molecule has 0 bridgehead atoms. The third-order valence-corrected chi connectivity index (χ3v) is 6.90. The highest BCUT2D eigenvalue weighted by molar-refractivity contribution is 7.99. The number of benzene rings is 1. The normalized spacial score (nSPS) is 15.0. The molecule has 0 radical (unpaired) electrons. The zero-order valence-corrected chi connectivity index (χ0v) is 20.1. The molecule has 1 saturated heterocycles. The summed E-state index contributed by atoms with van der Waals surface area (Å²) < 4.78 is 7.57. The van der Waals surface area contributed by atoms with Crippen molar-refractivity contribution in [2.75, 3.05) is 23.7 Å². The van der Waals surface area contributed by atoms with Gasteiger partial charge in [0.1, 0.15) is 5.76 Å². The molecule has 1 aliphatic heterocycles. The van der Waals surface area contributed by atoms with Gasteiger partial charge in [-0.05, 0) is 56.0 Å². The van der Waals surface area contributed by atoms with Crippen molar-refractivity contribution in [2.24, 2.45) is 0 Å². The van der Waals surface area contributed by atoms with Crippen molar-refractivity contribution < 1.29 is 9.21 Å². The Balaban J connectivity index is 1.43. The number of rotatable bonds is 8. The maximum absolute atomic E-state index is 12.6. The molecule has 3 heterocycles. The van der Waals surface area contributed by atoms with Crippen molar-refractivity contribution in [3.8, 4) is 0 Å². The van der Waals surface area contributed by atoms with Crippen LogP contribution in [0, 0.1) is 0 Å². The van der Waals surface area contributed by atoms with E-state index in [9.17, 15) is 4.79 Å². The number of hydrogen-bond donors (Lipinski definition) is 1. The van der Waals surface area contributed by atoms with E-state index in [2.05, 4.69) is 20.4 Å². The lowest BCUT2D eigenvalue weighted by Gasteiger charge is -2.27. The van der Waals surface area contributed by atoms with E-state index in [0.717, 1.165) is 43.2 Å². The standard InChI is InChI=1S/C22H25Cl2N5O2S/c1-15(18-8-7-16(23)12-19(18)24)25-20(30)14-32-22-27-26-21(28-9-3-2-4-10-28)29(22)13-17-6-5-11-31-17/h5-8,11-12,15H,2-4,9-10,13-14H2,1H3,(H,25,30). The van der Waals surface area contributed by atoms with Gasteiger partial charge >= 0.3 is 0 Å². The van der Waals surface area contributed by atoms with E-state index in [-0.39, 0.29) is 17.7 Å². The molecule has 0 saturated carbocycles. The number of hydrogen-bond acceptors (Lipinski definition) is 6. The molecule has 1 unspecified atom stereocenters. The van der Waals surface area contributed by atoms with Gasteiger partial charge in [-0.25, -0.2) is 0 Å². The molecule has 32 heavy (non-hydrogen) atoms. The van der Waals surface area contributed by atoms with E-state index in [1.807, 2.05) is 29.7 Å². The van der Waals surface area contributed by atoms with Gasteiger partial charge in [-0.3, -0.25) is 9.36 Å². The fourth-order valence-corrected chi connectivity index (χ4v) is 5.07. The van der Waals surface area contributed by atoms with Crippen LogP contribution < -0.4 is 10.2 Å². The summed E-state index contributed by atoms with van der Waals surface area (Å²) in [7, 11) is 0. The molecular weight excluding hydrogens is 469 g/mol. The zero-order chi connectivity index (χ0) is 22.5. The van der Waals surface area contributed by atoms with Crippen LogP contribution in [0.4, 0.5) is 5.95 Å². The van der Waals surface area contributed by atoms with Gasteiger partial charge in [-0.15, -0.1) is 10.2 Å². The summed E-state index contributed by atoms with van der Waals surface area (Å²) in [6.45, 7) is 4.33. The number of carbonyl (C=O) groups is 1. The second kappa shape index (κ2) is 10.6. The highest BCUT2D eigenvalue weighted by Crippen LogP contribution is 2.28. The molecule has 1 amide bonds. The Morgan fingerprint density at radius 3 is 2.75 bits per heavy atom. The molecular formula is C22H25Cl2N5O2S. The van der Waals surface area contributed by atoms with Crippen LogP contribution in [0.2, 0.25) is 10.0 Å². The first-order valence-electron chi connectivity index (χ1n) is 10.6. The van der Waals surface area contributed by atoms with Crippen LogP contribution in [-0.2, 0) is 11.3 Å². The lowest BCUT2D eigenvalue weighted by molar-refractivity contribution is -0.119. The first kappa shape index (κ1) is 23.0. The number of thioether (sulfide) groups is 1. The Kier molecular flexibility index (Phi) is 7.65. The fraction of sp³-hybridized carbons (Fsp3) is 0.409. The summed E-state index contributed by atoms with van der Waals surface area (Å²) in [5.74, 6) is 1.75. The van der Waals surface area contributed by atoms with Gasteiger partial charge in [-0.1, -0.05) is 41.0 Å². The Morgan fingerprint density at radius 1 is 1.22 bits per heavy atom. The highest BCUT2D eigenvalue weighted by Gasteiger charge is 2.22. The van der Waals surface area contributed by atoms with Gasteiger partial charge < -0.3 is 14.6 Å². The lowest BCUT2D eigenvalue weighted by atomic mass is 10.1. The van der Waals surface area contributed by atoms with Crippen molar-refractivity contribution in [1.29, 1.82) is 0 Å². The van der Waals surface area contributed by atoms with Crippen LogP contribution in [0.25, 0.3) is 0 Å². The second-order valence-electron chi connectivity index (χ2n) is 7.74. The molecule has 1 aliphatic rings. The van der Waals surface area contributed by atoms with Crippen molar-refractivity contribution in [1.82, 2.24) is 20.1 Å². The van der Waals surface area contributed by atoms with Gasteiger partial charge in [0.2, 0.25) is 11.9 Å². The number of nitrogens with one attached hydrogen (secondary N) is 1. The third-order valence-electron chi connectivity index (χ3n) is 5.37. The van der Waals surface area contributed by atoms with E-state index >= 15 is 0 Å². The average molecular weight is 494 g/mol. The van der Waals surface area contributed by atoms with E-state index in [4.69, 9.17) is 27.6 Å². The van der Waals surface area contributed by atoms with Crippen molar-refractivity contribution in [3.05, 3.63) is 58.0 Å². The Hall–Kier alpha value is -2.16. The summed E-state index contributed by atoms with van der Waals surface area (Å²) in [6.07, 6.45) is 5.18. The molecule has 3 aromatic rings. The minimum Gasteiger partial charge on any atom is -0.467 e. The summed E-state index contributed by atoms with van der Waals surface area (Å²) in [6, 6.07) is 8.82. The molecule has 1 aromatic carbocycles. The van der Waals surface area contributed by atoms with Crippen LogP contribution in [0.5, 0.6) is 0 Å². The maximum atomic E-state index is 12.6. The maximum Gasteiger partial charge on any atom is 0.230 e. The van der Waals surface area contributed by atoms with E-state index in [1.165, 1.54) is 18.2 Å². The molecule has 10 heteroatoms. The minimum atomic E-state index is -0.238. The molecule has 2 aromatic heterocycles. The average Bonchev–Trinajstić information content (AvgIpc) is 3.43. The number of halogens is 2. The van der Waals surface area contributed by atoms with Crippen LogP contribution in [0.3, 0.4) is 0 Å². The molecule has 0 aliphatic carbocycles. The quantitative estimate of drug-likeness (QED) is 0.435. The van der Waals surface area contributed by atoms with Gasteiger partial charge in [0.15, 0.2) is 5.16 Å². The summed E-state index contributed by atoms with van der Waals surface area (Å²) in [5, 5.41) is 13.6. The molecule has 170 valence electrons. The van der Waals surface area contributed by atoms with Gasteiger partial charge in [0, 0.05) is 23.1 Å². The predicted octanol–water partition coefficient (Wildman–Crippen LogP) is 5.19. The smallest absolute Gasteiger partial charge is 0.230 e. The SMILES string of the molecule is CC(NC(=O)CSc1nnc(N2CCCCC2)n1Cc1ccco1)c1ccc(Cl)cc1Cl. The Bertz CT molecular complexity index is 1050. The summed E-state index contributed by atoms with van der Waals surface area (Å²) >= 11 is 13.6. The van der Waals surface area contributed by atoms with Crippen molar-refractivity contribution in [3.63, 3.8) is 0 Å². The zero-order valence-electron chi connectivity index (χ0n) is 17.8. The molecule has 1 fully saturated rings. The number of piperidine rings is 1. The lowest BCUT2D eigenvalue weighted by Crippen LogP contribution is -2.32. The van der Waals surface area contributed by atoms with Crippen LogP contribution in [-0.4, -0.2) is 39.5 Å². The molecule has 4 rings (SSSR count). The van der Waals surface area contributed by atoms with E-state index in [1.54, 1.807) is 18.4 Å². The molecule has 0 spiro atoms. The van der Waals surface area contributed by atoms with Crippen LogP contribution in [0.1, 0.15) is 43.6 Å². The largest absolute Gasteiger partial charge is 0.467 e. The van der Waals surface area contributed by atoms with Crippen LogP contribution >= 0.6 is 35.0 Å². The van der Waals surface area contributed by atoms with Crippen molar-refractivity contribution >= 4 is 46.8 Å². The van der Waals surface area contributed by atoms with Gasteiger partial charge in [0.05, 0.1) is 24.6 Å². The number of carbonyl (C=O) groups excluding carboxylic acids is 1. The molecule has 7 nitrogen and oxygen atoms in total. The predicted molar refractivity (Wildman–Crippen MR) is 128 cm³/mol. The van der Waals surface area contributed by atoms with Crippen molar-refractivity contribution in [2.45, 2.75) is 43.9 Å². The highest BCUT2D eigenvalue weighted by atomic mass is 35.5. The van der Waals surface area contributed by atoms with Gasteiger partial charge in [0.25, 0.3) is 0 Å². The minimum absolute atomic E-state index is 0.111. The Morgan fingerprint density at radius 2 is 2.03 bits per heavy atom. The number of nitrogens with zero attached hydrogens (tertiary/aromatic N) is 4. The number of anilines is 1. The number of aromatic nitrogens is 3. The van der Waals surface area contributed by atoms with Gasteiger partial charge in [-0.2, -0.15) is 0 Å². The van der Waals surface area contributed by atoms with Crippen LogP contribution in [0.15, 0.2) is 46.2 Å². The number of furan rings is 1. The fourth-order valence-electron chi connectivity index (χ4n) is 3.76. The Labute approximate surface area is 201 Å². The third kappa shape index (κ3) is 5.60. The second-order valence-corrected chi connectivity index (χ2v) is 9.53. The number of amides is 1. The van der Waals surface area contributed by atoms with E-state index < -0.39 is 0 Å². The topological polar surface area (TPSA) is 76.2 Å². The van der Waals surface area contributed by atoms with E-state index in [0.29, 0.717) is 21.7 Å². The first-order valence-corrected chi connectivity index (χ1v) is 12.3. The molecule has 1 N–H and O–H groups in total.